The first kappa shape index (κ1) is 10.2. The largest absolute Gasteiger partial charge is 0.496 e. The second kappa shape index (κ2) is 4.06. The average Bonchev–Trinajstić information content (AvgIpc) is 2.81. The third-order valence-corrected chi connectivity index (χ3v) is 2.13. The molecule has 0 aliphatic carbocycles. The molecule has 1 radical (unpaired) electrons. The van der Waals surface area contributed by atoms with Crippen LogP contribution in [0.4, 0.5) is 5.69 Å². The van der Waals surface area contributed by atoms with E-state index in [-0.39, 0.29) is 5.69 Å². The van der Waals surface area contributed by atoms with Crippen molar-refractivity contribution < 1.29 is 14.1 Å². The van der Waals surface area contributed by atoms with Crippen LogP contribution < -0.4 is 4.74 Å². The number of rotatable bonds is 3. The highest BCUT2D eigenvalue weighted by Crippen LogP contribution is 2.33. The van der Waals surface area contributed by atoms with Crippen molar-refractivity contribution in [3.63, 3.8) is 0 Å². The highest BCUT2D eigenvalue weighted by Gasteiger charge is 2.13. The van der Waals surface area contributed by atoms with Gasteiger partial charge in [-0.1, -0.05) is 0 Å². The van der Waals surface area contributed by atoms with Crippen LogP contribution in [0.2, 0.25) is 0 Å². The maximum Gasteiger partial charge on any atom is 0.273 e. The van der Waals surface area contributed by atoms with Crippen molar-refractivity contribution in [2.24, 2.45) is 0 Å². The second-order valence-corrected chi connectivity index (χ2v) is 3.06. The Balaban J connectivity index is 2.51. The number of furan rings is 1. The second-order valence-electron chi connectivity index (χ2n) is 3.06. The molecule has 0 bridgehead atoms. The Bertz CT molecular complexity index is 505. The van der Waals surface area contributed by atoms with Gasteiger partial charge >= 0.3 is 0 Å². The Hall–Kier alpha value is -2.30. The Morgan fingerprint density at radius 1 is 1.44 bits per heavy atom. The van der Waals surface area contributed by atoms with Crippen LogP contribution in [0, 0.1) is 16.4 Å². The smallest absolute Gasteiger partial charge is 0.273 e. The molecule has 1 heterocycles. The summed E-state index contributed by atoms with van der Waals surface area (Å²) in [5.41, 5.74) is 0.644. The van der Waals surface area contributed by atoms with Gasteiger partial charge in [0.15, 0.2) is 6.26 Å². The van der Waals surface area contributed by atoms with Crippen molar-refractivity contribution in [2.75, 3.05) is 7.11 Å². The zero-order valence-corrected chi connectivity index (χ0v) is 8.47. The van der Waals surface area contributed by atoms with Crippen molar-refractivity contribution in [3.05, 3.63) is 46.7 Å². The number of methoxy groups -OCH3 is 1. The van der Waals surface area contributed by atoms with Crippen LogP contribution in [-0.4, -0.2) is 12.0 Å². The number of nitro groups is 1. The SMILES string of the molecule is COc1cc([N+](=O)[O-])ccc1-c1cc[c]o1. The quantitative estimate of drug-likeness (QED) is 0.586. The molecule has 0 aliphatic heterocycles. The normalized spacial score (nSPS) is 10.1. The number of hydrogen-bond acceptors (Lipinski definition) is 4. The molecule has 5 nitrogen and oxygen atoms in total. The Morgan fingerprint density at radius 3 is 2.81 bits per heavy atom. The lowest BCUT2D eigenvalue weighted by molar-refractivity contribution is -0.384. The van der Waals surface area contributed by atoms with Gasteiger partial charge in [-0.25, -0.2) is 0 Å². The molecule has 1 aromatic heterocycles. The van der Waals surface area contributed by atoms with Gasteiger partial charge < -0.3 is 9.15 Å². The molecule has 0 unspecified atom stereocenters. The monoisotopic (exact) mass is 218 g/mol. The molecule has 1 aromatic carbocycles. The van der Waals surface area contributed by atoms with Gasteiger partial charge in [-0.15, -0.1) is 0 Å². The van der Waals surface area contributed by atoms with Crippen LogP contribution in [0.25, 0.3) is 11.3 Å². The van der Waals surface area contributed by atoms with E-state index < -0.39 is 4.92 Å². The average molecular weight is 218 g/mol. The highest BCUT2D eigenvalue weighted by atomic mass is 16.6. The fraction of sp³-hybridized carbons (Fsp3) is 0.0909. The molecule has 0 aliphatic rings. The molecule has 0 saturated carbocycles. The number of non-ortho nitro benzene ring substituents is 1. The number of nitro benzene ring substituents is 1. The summed E-state index contributed by atoms with van der Waals surface area (Å²) in [6, 6.07) is 7.68. The molecule has 0 saturated heterocycles. The summed E-state index contributed by atoms with van der Waals surface area (Å²) in [7, 11) is 1.45. The van der Waals surface area contributed by atoms with Gasteiger partial charge in [0.2, 0.25) is 0 Å². The van der Waals surface area contributed by atoms with Crippen LogP contribution >= 0.6 is 0 Å². The minimum atomic E-state index is -0.472. The van der Waals surface area contributed by atoms with E-state index in [0.29, 0.717) is 17.1 Å². The lowest BCUT2D eigenvalue weighted by Gasteiger charge is -2.05. The van der Waals surface area contributed by atoms with Gasteiger partial charge in [0, 0.05) is 6.07 Å². The highest BCUT2D eigenvalue weighted by molar-refractivity contribution is 5.68. The molecule has 0 amide bonds. The Morgan fingerprint density at radius 2 is 2.25 bits per heavy atom. The van der Waals surface area contributed by atoms with Crippen molar-refractivity contribution >= 4 is 5.69 Å². The third-order valence-electron chi connectivity index (χ3n) is 2.13. The minimum Gasteiger partial charge on any atom is -0.496 e. The minimum absolute atomic E-state index is 0.0175. The number of benzene rings is 1. The molecule has 0 atom stereocenters. The topological polar surface area (TPSA) is 65.5 Å². The van der Waals surface area contributed by atoms with E-state index in [1.165, 1.54) is 19.2 Å². The lowest BCUT2D eigenvalue weighted by atomic mass is 10.1. The van der Waals surface area contributed by atoms with E-state index in [9.17, 15) is 10.1 Å². The first-order valence-electron chi connectivity index (χ1n) is 4.51. The molecule has 0 N–H and O–H groups in total. The number of nitrogens with zero attached hydrogens (tertiary/aromatic N) is 1. The number of ether oxygens (including phenoxy) is 1. The van der Waals surface area contributed by atoms with Gasteiger partial charge in [0.25, 0.3) is 5.69 Å². The Labute approximate surface area is 91.4 Å². The van der Waals surface area contributed by atoms with Gasteiger partial charge in [0.05, 0.1) is 23.7 Å². The maximum absolute atomic E-state index is 10.6. The first-order valence-corrected chi connectivity index (χ1v) is 4.51. The summed E-state index contributed by atoms with van der Waals surface area (Å²) >= 11 is 0. The Kier molecular flexibility index (Phi) is 2.59. The van der Waals surface area contributed by atoms with Gasteiger partial charge in [-0.2, -0.15) is 0 Å². The predicted octanol–water partition coefficient (Wildman–Crippen LogP) is 2.66. The van der Waals surface area contributed by atoms with Gasteiger partial charge in [0.1, 0.15) is 11.5 Å². The third kappa shape index (κ3) is 1.75. The van der Waals surface area contributed by atoms with Crippen LogP contribution in [0.3, 0.4) is 0 Å². The van der Waals surface area contributed by atoms with Gasteiger partial charge in [-0.3, -0.25) is 10.1 Å². The van der Waals surface area contributed by atoms with E-state index in [2.05, 4.69) is 6.26 Å². The molecule has 2 rings (SSSR count). The van der Waals surface area contributed by atoms with Crippen molar-refractivity contribution in [1.29, 1.82) is 0 Å². The molecule has 0 fully saturated rings. The summed E-state index contributed by atoms with van der Waals surface area (Å²) < 4.78 is 10.2. The standard InChI is InChI=1S/C11H8NO4/c1-15-11-7-8(12(13)14)4-5-9(11)10-3-2-6-16-10/h2-5,7H,1H3. The summed E-state index contributed by atoms with van der Waals surface area (Å²) in [5.74, 6) is 0.962. The van der Waals surface area contributed by atoms with E-state index in [1.807, 2.05) is 0 Å². The molecular weight excluding hydrogens is 210 g/mol. The van der Waals surface area contributed by atoms with Crippen LogP contribution in [0.15, 0.2) is 34.7 Å². The fourth-order valence-corrected chi connectivity index (χ4v) is 1.38. The summed E-state index contributed by atoms with van der Waals surface area (Å²) in [5, 5.41) is 10.6. The van der Waals surface area contributed by atoms with Gasteiger partial charge in [-0.05, 0) is 18.2 Å². The first-order chi connectivity index (χ1) is 7.72. The fourth-order valence-electron chi connectivity index (χ4n) is 1.38. The molecule has 5 heteroatoms. The molecule has 81 valence electrons. The summed E-state index contributed by atoms with van der Waals surface area (Å²) in [6.07, 6.45) is 2.55. The van der Waals surface area contributed by atoms with E-state index in [0.717, 1.165) is 0 Å². The van der Waals surface area contributed by atoms with Crippen LogP contribution in [-0.2, 0) is 0 Å². The zero-order chi connectivity index (χ0) is 11.5. The predicted molar refractivity (Wildman–Crippen MR) is 56.2 cm³/mol. The van der Waals surface area contributed by atoms with Crippen LogP contribution in [0.1, 0.15) is 0 Å². The maximum atomic E-state index is 10.6. The van der Waals surface area contributed by atoms with Crippen molar-refractivity contribution in [1.82, 2.24) is 0 Å². The zero-order valence-electron chi connectivity index (χ0n) is 8.47. The van der Waals surface area contributed by atoms with Crippen LogP contribution in [0.5, 0.6) is 5.75 Å². The molecule has 0 spiro atoms. The van der Waals surface area contributed by atoms with Crippen molar-refractivity contribution in [3.8, 4) is 17.1 Å². The summed E-state index contributed by atoms with van der Waals surface area (Å²) in [6.45, 7) is 0. The van der Waals surface area contributed by atoms with E-state index in [1.54, 1.807) is 18.2 Å². The van der Waals surface area contributed by atoms with Crippen molar-refractivity contribution in [2.45, 2.75) is 0 Å². The lowest BCUT2D eigenvalue weighted by Crippen LogP contribution is -1.91. The van der Waals surface area contributed by atoms with E-state index in [4.69, 9.17) is 9.15 Å². The molecule has 2 aromatic rings. The molecule has 16 heavy (non-hydrogen) atoms. The molecular formula is C11H8NO4. The van der Waals surface area contributed by atoms with E-state index >= 15 is 0 Å². The number of hydrogen-bond donors (Lipinski definition) is 0. The summed E-state index contributed by atoms with van der Waals surface area (Å²) in [4.78, 5) is 10.1.